The predicted molar refractivity (Wildman–Crippen MR) is 64.4 cm³/mol. The van der Waals surface area contributed by atoms with Crippen molar-refractivity contribution >= 4 is 17.6 Å². The van der Waals surface area contributed by atoms with Crippen LogP contribution in [0.1, 0.15) is 23.7 Å². The summed E-state index contributed by atoms with van der Waals surface area (Å²) in [6.07, 6.45) is 0.784. The fourth-order valence-electron chi connectivity index (χ4n) is 1.22. The summed E-state index contributed by atoms with van der Waals surface area (Å²) in [6.45, 7) is 1.98. The number of hydrogen-bond acceptors (Lipinski definition) is 4. The Bertz CT molecular complexity index is 449. The van der Waals surface area contributed by atoms with Gasteiger partial charge in [-0.1, -0.05) is 6.92 Å². The van der Waals surface area contributed by atoms with Crippen molar-refractivity contribution in [2.75, 3.05) is 18.9 Å². The number of rotatable bonds is 5. The molecule has 6 heteroatoms. The van der Waals surface area contributed by atoms with Crippen molar-refractivity contribution in [1.29, 1.82) is 0 Å². The van der Waals surface area contributed by atoms with Crippen molar-refractivity contribution in [3.05, 3.63) is 29.6 Å². The van der Waals surface area contributed by atoms with Gasteiger partial charge in [0, 0.05) is 12.2 Å². The molecule has 5 nitrogen and oxygen atoms in total. The maximum atomic E-state index is 13.3. The molecule has 0 aliphatic rings. The minimum Gasteiger partial charge on any atom is -0.452 e. The second kappa shape index (κ2) is 6.58. The summed E-state index contributed by atoms with van der Waals surface area (Å²) in [5.74, 6) is -2.07. The number of ether oxygens (including phenoxy) is 1. The number of nitrogens with one attached hydrogen (secondary N) is 1. The largest absolute Gasteiger partial charge is 0.452 e. The van der Waals surface area contributed by atoms with Crippen LogP contribution < -0.4 is 11.1 Å². The number of halogens is 1. The zero-order valence-electron chi connectivity index (χ0n) is 10.0. The van der Waals surface area contributed by atoms with Crippen molar-refractivity contribution in [2.24, 2.45) is 0 Å². The van der Waals surface area contributed by atoms with E-state index >= 15 is 0 Å². The summed E-state index contributed by atoms with van der Waals surface area (Å²) in [7, 11) is 0. The lowest BCUT2D eigenvalue weighted by Crippen LogP contribution is -2.29. The van der Waals surface area contributed by atoms with Crippen molar-refractivity contribution in [1.82, 2.24) is 5.32 Å². The molecule has 0 atom stereocenters. The maximum absolute atomic E-state index is 13.3. The highest BCUT2D eigenvalue weighted by Crippen LogP contribution is 2.12. The molecule has 18 heavy (non-hydrogen) atoms. The molecule has 0 fully saturated rings. The van der Waals surface area contributed by atoms with Crippen LogP contribution in [0.15, 0.2) is 18.2 Å². The lowest BCUT2D eigenvalue weighted by Gasteiger charge is -2.06. The summed E-state index contributed by atoms with van der Waals surface area (Å²) in [4.78, 5) is 22.6. The minimum atomic E-state index is -0.890. The van der Waals surface area contributed by atoms with Crippen molar-refractivity contribution in [3.63, 3.8) is 0 Å². The smallest absolute Gasteiger partial charge is 0.341 e. The number of hydrogen-bond donors (Lipinski definition) is 2. The lowest BCUT2D eigenvalue weighted by molar-refractivity contribution is -0.124. The molecule has 0 bridgehead atoms. The van der Waals surface area contributed by atoms with Gasteiger partial charge >= 0.3 is 5.97 Å². The van der Waals surface area contributed by atoms with Gasteiger partial charge in [-0.3, -0.25) is 4.79 Å². The fraction of sp³-hybridized carbons (Fsp3) is 0.333. The zero-order valence-corrected chi connectivity index (χ0v) is 10.0. The maximum Gasteiger partial charge on any atom is 0.341 e. The van der Waals surface area contributed by atoms with Gasteiger partial charge in [0.1, 0.15) is 5.82 Å². The van der Waals surface area contributed by atoms with Gasteiger partial charge in [-0.05, 0) is 24.6 Å². The van der Waals surface area contributed by atoms with Gasteiger partial charge in [0.2, 0.25) is 0 Å². The highest BCUT2D eigenvalue weighted by molar-refractivity contribution is 5.91. The third-order valence-electron chi connectivity index (χ3n) is 2.12. The highest BCUT2D eigenvalue weighted by atomic mass is 19.1. The third kappa shape index (κ3) is 4.04. The Balaban J connectivity index is 2.53. The molecule has 3 N–H and O–H groups in total. The molecule has 1 amide bonds. The van der Waals surface area contributed by atoms with Crippen LogP contribution in [-0.4, -0.2) is 25.0 Å². The summed E-state index contributed by atoms with van der Waals surface area (Å²) in [5.41, 5.74) is 5.32. The number of amides is 1. The Morgan fingerprint density at radius 3 is 2.78 bits per heavy atom. The molecule has 0 saturated carbocycles. The zero-order chi connectivity index (χ0) is 13.5. The monoisotopic (exact) mass is 254 g/mol. The number of carbonyl (C=O) groups is 2. The average Bonchev–Trinajstić information content (AvgIpc) is 2.33. The van der Waals surface area contributed by atoms with Gasteiger partial charge in [-0.25, -0.2) is 9.18 Å². The van der Waals surface area contributed by atoms with Crippen LogP contribution >= 0.6 is 0 Å². The van der Waals surface area contributed by atoms with E-state index in [2.05, 4.69) is 10.1 Å². The second-order valence-corrected chi connectivity index (χ2v) is 3.67. The first-order valence-electron chi connectivity index (χ1n) is 5.53. The minimum absolute atomic E-state index is 0.213. The molecule has 1 aromatic rings. The number of carbonyl (C=O) groups excluding carboxylic acids is 2. The van der Waals surface area contributed by atoms with Crippen LogP contribution in [0.25, 0.3) is 0 Å². The second-order valence-electron chi connectivity index (χ2n) is 3.67. The average molecular weight is 254 g/mol. The Labute approximate surface area is 104 Å². The van der Waals surface area contributed by atoms with Crippen LogP contribution in [0.4, 0.5) is 10.1 Å². The molecule has 98 valence electrons. The van der Waals surface area contributed by atoms with Gasteiger partial charge in [0.05, 0.1) is 5.56 Å². The van der Waals surface area contributed by atoms with Crippen LogP contribution in [-0.2, 0) is 9.53 Å². The molecule has 0 spiro atoms. The Morgan fingerprint density at radius 1 is 1.44 bits per heavy atom. The molecule has 0 unspecified atom stereocenters. The summed E-state index contributed by atoms with van der Waals surface area (Å²) in [5, 5.41) is 2.53. The standard InChI is InChI=1S/C12H15FN2O3/c1-2-5-15-11(16)7-18-12(17)9-4-3-8(14)6-10(9)13/h3-4,6H,2,5,7,14H2,1H3,(H,15,16). The van der Waals surface area contributed by atoms with E-state index < -0.39 is 24.3 Å². The number of nitrogen functional groups attached to an aromatic ring is 1. The van der Waals surface area contributed by atoms with E-state index in [9.17, 15) is 14.0 Å². The predicted octanol–water partition coefficient (Wildman–Crippen LogP) is 1.09. The van der Waals surface area contributed by atoms with E-state index in [-0.39, 0.29) is 11.3 Å². The molecule has 1 rings (SSSR count). The molecule has 0 aliphatic carbocycles. The highest BCUT2D eigenvalue weighted by Gasteiger charge is 2.14. The van der Waals surface area contributed by atoms with Gasteiger partial charge < -0.3 is 15.8 Å². The molecule has 1 aromatic carbocycles. The van der Waals surface area contributed by atoms with Gasteiger partial charge in [0.15, 0.2) is 6.61 Å². The molecular weight excluding hydrogens is 239 g/mol. The molecule has 0 aromatic heterocycles. The Hall–Kier alpha value is -2.11. The van der Waals surface area contributed by atoms with Gasteiger partial charge in [-0.15, -0.1) is 0 Å². The SMILES string of the molecule is CCCNC(=O)COC(=O)c1ccc(N)cc1F. The number of nitrogens with two attached hydrogens (primary N) is 1. The van der Waals surface area contributed by atoms with E-state index in [0.717, 1.165) is 12.5 Å². The number of benzene rings is 1. The van der Waals surface area contributed by atoms with Crippen LogP contribution in [0.2, 0.25) is 0 Å². The Kier molecular flexibility index (Phi) is 5.10. The normalized spacial score (nSPS) is 9.89. The van der Waals surface area contributed by atoms with E-state index in [1.54, 1.807) is 0 Å². The van der Waals surface area contributed by atoms with Gasteiger partial charge in [0.25, 0.3) is 5.91 Å². The van der Waals surface area contributed by atoms with E-state index in [1.807, 2.05) is 6.92 Å². The van der Waals surface area contributed by atoms with Gasteiger partial charge in [-0.2, -0.15) is 0 Å². The van der Waals surface area contributed by atoms with Crippen LogP contribution in [0.3, 0.4) is 0 Å². The first-order valence-corrected chi connectivity index (χ1v) is 5.53. The quantitative estimate of drug-likeness (QED) is 0.608. The summed E-state index contributed by atoms with van der Waals surface area (Å²) >= 11 is 0. The first-order chi connectivity index (χ1) is 8.54. The van der Waals surface area contributed by atoms with E-state index in [1.165, 1.54) is 12.1 Å². The van der Waals surface area contributed by atoms with Crippen molar-refractivity contribution in [3.8, 4) is 0 Å². The van der Waals surface area contributed by atoms with Crippen LogP contribution in [0, 0.1) is 5.82 Å². The lowest BCUT2D eigenvalue weighted by atomic mass is 10.2. The molecule has 0 radical (unpaired) electrons. The summed E-state index contributed by atoms with van der Waals surface area (Å²) < 4.78 is 18.0. The number of anilines is 1. The first kappa shape index (κ1) is 14.0. The molecular formula is C12H15FN2O3. The number of esters is 1. The van der Waals surface area contributed by atoms with E-state index in [4.69, 9.17) is 5.73 Å². The fourth-order valence-corrected chi connectivity index (χ4v) is 1.22. The molecule has 0 saturated heterocycles. The topological polar surface area (TPSA) is 81.4 Å². The Morgan fingerprint density at radius 2 is 2.17 bits per heavy atom. The van der Waals surface area contributed by atoms with Crippen molar-refractivity contribution in [2.45, 2.75) is 13.3 Å². The molecule has 0 heterocycles. The molecule has 0 aliphatic heterocycles. The third-order valence-corrected chi connectivity index (χ3v) is 2.12. The van der Waals surface area contributed by atoms with Crippen LogP contribution in [0.5, 0.6) is 0 Å². The van der Waals surface area contributed by atoms with E-state index in [0.29, 0.717) is 6.54 Å². The summed E-state index contributed by atoms with van der Waals surface area (Å²) in [6, 6.07) is 3.63. The van der Waals surface area contributed by atoms with Crippen molar-refractivity contribution < 1.29 is 18.7 Å².